The molecular formula is C15H12N2O. The monoisotopic (exact) mass is 236 g/mol. The summed E-state index contributed by atoms with van der Waals surface area (Å²) in [4.78, 5) is 4.37. The first-order valence-corrected chi connectivity index (χ1v) is 5.70. The predicted octanol–water partition coefficient (Wildman–Crippen LogP) is 3.58. The van der Waals surface area contributed by atoms with E-state index < -0.39 is 0 Å². The van der Waals surface area contributed by atoms with Gasteiger partial charge in [0, 0.05) is 11.8 Å². The van der Waals surface area contributed by atoms with Gasteiger partial charge in [-0.25, -0.2) is 4.98 Å². The van der Waals surface area contributed by atoms with E-state index in [1.165, 1.54) is 0 Å². The number of nitrogens with two attached hydrogens (primary N) is 1. The van der Waals surface area contributed by atoms with E-state index in [0.717, 1.165) is 22.4 Å². The van der Waals surface area contributed by atoms with Gasteiger partial charge in [0.05, 0.1) is 0 Å². The number of para-hydroxylation sites is 2. The van der Waals surface area contributed by atoms with Crippen molar-refractivity contribution in [1.29, 1.82) is 0 Å². The molecule has 0 aliphatic carbocycles. The molecule has 0 radical (unpaired) electrons. The lowest BCUT2D eigenvalue weighted by atomic mass is 10.2. The Kier molecular flexibility index (Phi) is 2.57. The molecule has 0 amide bonds. The smallest absolute Gasteiger partial charge is 0.220 e. The summed E-state index contributed by atoms with van der Waals surface area (Å²) in [6.45, 7) is 0. The van der Waals surface area contributed by atoms with Crippen molar-refractivity contribution in [3.05, 3.63) is 60.0 Å². The number of aromatic nitrogens is 1. The minimum Gasteiger partial charge on any atom is -0.437 e. The fourth-order valence-electron chi connectivity index (χ4n) is 1.74. The van der Waals surface area contributed by atoms with Crippen LogP contribution in [0.1, 0.15) is 11.5 Å². The minimum atomic E-state index is 0.605. The van der Waals surface area contributed by atoms with Crippen molar-refractivity contribution in [1.82, 2.24) is 4.98 Å². The molecule has 0 saturated carbocycles. The summed E-state index contributed by atoms with van der Waals surface area (Å²) in [5, 5.41) is 0. The third kappa shape index (κ3) is 2.11. The van der Waals surface area contributed by atoms with Crippen LogP contribution in [0.2, 0.25) is 0 Å². The van der Waals surface area contributed by atoms with Crippen LogP contribution in [0.4, 0.5) is 5.69 Å². The molecule has 0 fully saturated rings. The van der Waals surface area contributed by atoms with E-state index in [-0.39, 0.29) is 0 Å². The summed E-state index contributed by atoms with van der Waals surface area (Å²) < 4.78 is 5.59. The molecule has 2 N–H and O–H groups in total. The Morgan fingerprint density at radius 2 is 1.72 bits per heavy atom. The topological polar surface area (TPSA) is 52.0 Å². The average Bonchev–Trinajstić information content (AvgIpc) is 2.81. The lowest BCUT2D eigenvalue weighted by Gasteiger charge is -1.93. The van der Waals surface area contributed by atoms with Crippen LogP contribution in [0.3, 0.4) is 0 Å². The fourth-order valence-corrected chi connectivity index (χ4v) is 1.74. The van der Waals surface area contributed by atoms with E-state index in [4.69, 9.17) is 10.2 Å². The van der Waals surface area contributed by atoms with E-state index in [1.807, 2.05) is 60.7 Å². The van der Waals surface area contributed by atoms with Crippen LogP contribution in [0.5, 0.6) is 0 Å². The fraction of sp³-hybridized carbons (Fsp3) is 0. The van der Waals surface area contributed by atoms with Crippen LogP contribution in [0, 0.1) is 0 Å². The Morgan fingerprint density at radius 3 is 2.50 bits per heavy atom. The van der Waals surface area contributed by atoms with Gasteiger partial charge in [0.1, 0.15) is 5.52 Å². The molecule has 0 aliphatic heterocycles. The molecule has 0 aliphatic rings. The lowest BCUT2D eigenvalue weighted by Crippen LogP contribution is -1.82. The first kappa shape index (κ1) is 10.6. The second-order valence-corrected chi connectivity index (χ2v) is 4.02. The Morgan fingerprint density at radius 1 is 0.944 bits per heavy atom. The second-order valence-electron chi connectivity index (χ2n) is 4.02. The number of rotatable bonds is 2. The summed E-state index contributed by atoms with van der Waals surface area (Å²) in [6.07, 6.45) is 3.80. The van der Waals surface area contributed by atoms with Crippen molar-refractivity contribution in [3.63, 3.8) is 0 Å². The van der Waals surface area contributed by atoms with Crippen molar-refractivity contribution in [2.45, 2.75) is 0 Å². The van der Waals surface area contributed by atoms with Gasteiger partial charge >= 0.3 is 0 Å². The molecule has 0 spiro atoms. The van der Waals surface area contributed by atoms with E-state index in [1.54, 1.807) is 0 Å². The SMILES string of the molecule is Nc1ccc(/C=C/c2nc3ccccc3o2)cc1. The van der Waals surface area contributed by atoms with E-state index in [0.29, 0.717) is 5.89 Å². The third-order valence-corrected chi connectivity index (χ3v) is 2.67. The van der Waals surface area contributed by atoms with Crippen LogP contribution in [0.15, 0.2) is 52.9 Å². The van der Waals surface area contributed by atoms with Gasteiger partial charge in [0.15, 0.2) is 5.58 Å². The quantitative estimate of drug-likeness (QED) is 0.692. The zero-order valence-electron chi connectivity index (χ0n) is 9.71. The van der Waals surface area contributed by atoms with Crippen molar-refractivity contribution in [2.24, 2.45) is 0 Å². The van der Waals surface area contributed by atoms with Crippen molar-refractivity contribution >= 4 is 28.9 Å². The Labute approximate surface area is 105 Å². The number of anilines is 1. The Bertz CT molecular complexity index is 663. The highest BCUT2D eigenvalue weighted by atomic mass is 16.3. The van der Waals surface area contributed by atoms with E-state index in [9.17, 15) is 0 Å². The van der Waals surface area contributed by atoms with Crippen molar-refractivity contribution < 1.29 is 4.42 Å². The van der Waals surface area contributed by atoms with Gasteiger partial charge < -0.3 is 10.2 Å². The van der Waals surface area contributed by atoms with Gasteiger partial charge in [-0.15, -0.1) is 0 Å². The molecule has 88 valence electrons. The summed E-state index contributed by atoms with van der Waals surface area (Å²) in [6, 6.07) is 15.3. The summed E-state index contributed by atoms with van der Waals surface area (Å²) in [5.74, 6) is 0.605. The molecule has 3 heteroatoms. The molecule has 1 aromatic heterocycles. The van der Waals surface area contributed by atoms with Crippen LogP contribution >= 0.6 is 0 Å². The second kappa shape index (κ2) is 4.37. The number of fused-ring (bicyclic) bond motifs is 1. The maximum Gasteiger partial charge on any atom is 0.220 e. The molecule has 0 bridgehead atoms. The number of oxazole rings is 1. The summed E-state index contributed by atoms with van der Waals surface area (Å²) >= 11 is 0. The number of hydrogen-bond donors (Lipinski definition) is 1. The maximum atomic E-state index is 5.63. The summed E-state index contributed by atoms with van der Waals surface area (Å²) in [5.41, 5.74) is 9.12. The lowest BCUT2D eigenvalue weighted by molar-refractivity contribution is 0.590. The zero-order valence-corrected chi connectivity index (χ0v) is 9.71. The Balaban J connectivity index is 1.89. The largest absolute Gasteiger partial charge is 0.437 e. The first-order valence-electron chi connectivity index (χ1n) is 5.70. The van der Waals surface area contributed by atoms with Crippen LogP contribution in [-0.4, -0.2) is 4.98 Å². The molecule has 0 saturated heterocycles. The maximum absolute atomic E-state index is 5.63. The first-order chi connectivity index (χ1) is 8.81. The van der Waals surface area contributed by atoms with E-state index in [2.05, 4.69) is 4.98 Å². The highest BCUT2D eigenvalue weighted by molar-refractivity contribution is 5.76. The number of benzene rings is 2. The molecule has 3 aromatic rings. The number of nitrogens with zero attached hydrogens (tertiary/aromatic N) is 1. The Hall–Kier alpha value is -2.55. The molecule has 3 rings (SSSR count). The van der Waals surface area contributed by atoms with Gasteiger partial charge in [-0.3, -0.25) is 0 Å². The van der Waals surface area contributed by atoms with Gasteiger partial charge in [-0.1, -0.05) is 24.3 Å². The number of nitrogen functional groups attached to an aromatic ring is 1. The highest BCUT2D eigenvalue weighted by Gasteiger charge is 2.00. The van der Waals surface area contributed by atoms with Crippen LogP contribution in [-0.2, 0) is 0 Å². The summed E-state index contributed by atoms with van der Waals surface area (Å²) in [7, 11) is 0. The van der Waals surface area contributed by atoms with Crippen LogP contribution in [0.25, 0.3) is 23.3 Å². The predicted molar refractivity (Wildman–Crippen MR) is 73.8 cm³/mol. The molecule has 0 atom stereocenters. The van der Waals surface area contributed by atoms with E-state index >= 15 is 0 Å². The molecule has 0 unspecified atom stereocenters. The minimum absolute atomic E-state index is 0.605. The number of hydrogen-bond acceptors (Lipinski definition) is 3. The normalized spacial score (nSPS) is 11.3. The molecule has 1 heterocycles. The third-order valence-electron chi connectivity index (χ3n) is 2.67. The van der Waals surface area contributed by atoms with Gasteiger partial charge in [-0.2, -0.15) is 0 Å². The van der Waals surface area contributed by atoms with Crippen LogP contribution < -0.4 is 5.73 Å². The molecule has 2 aromatic carbocycles. The molecule has 18 heavy (non-hydrogen) atoms. The van der Waals surface area contributed by atoms with Gasteiger partial charge in [-0.05, 0) is 35.9 Å². The molecule has 3 nitrogen and oxygen atoms in total. The van der Waals surface area contributed by atoms with Crippen molar-refractivity contribution in [2.75, 3.05) is 5.73 Å². The zero-order chi connectivity index (χ0) is 12.4. The van der Waals surface area contributed by atoms with Gasteiger partial charge in [0.25, 0.3) is 0 Å². The van der Waals surface area contributed by atoms with Gasteiger partial charge in [0.2, 0.25) is 5.89 Å². The van der Waals surface area contributed by atoms with Crippen molar-refractivity contribution in [3.8, 4) is 0 Å². The average molecular weight is 236 g/mol. The standard InChI is InChI=1S/C15H12N2O/c16-12-8-5-11(6-9-12)7-10-15-17-13-3-1-2-4-14(13)18-15/h1-10H,16H2/b10-7+. The highest BCUT2D eigenvalue weighted by Crippen LogP contribution is 2.16. The molecular weight excluding hydrogens is 224 g/mol.